The number of hydrogen-bond acceptors (Lipinski definition) is 5. The molecule has 0 atom stereocenters. The lowest BCUT2D eigenvalue weighted by Crippen LogP contribution is -2.27. The van der Waals surface area contributed by atoms with E-state index in [9.17, 15) is 4.79 Å². The zero-order valence-corrected chi connectivity index (χ0v) is 13.0. The van der Waals surface area contributed by atoms with Gasteiger partial charge in [0.15, 0.2) is 0 Å². The van der Waals surface area contributed by atoms with Crippen molar-refractivity contribution < 1.29 is 9.53 Å². The van der Waals surface area contributed by atoms with E-state index in [0.717, 1.165) is 11.3 Å². The quantitative estimate of drug-likeness (QED) is 0.904. The zero-order valence-electron chi connectivity index (χ0n) is 13.0. The zero-order chi connectivity index (χ0) is 16.0. The van der Waals surface area contributed by atoms with Crippen molar-refractivity contribution in [2.24, 2.45) is 0 Å². The van der Waals surface area contributed by atoms with Gasteiger partial charge in [-0.05, 0) is 45.0 Å². The Morgan fingerprint density at radius 1 is 1.09 bits per heavy atom. The molecule has 0 spiro atoms. The first-order valence-electron chi connectivity index (χ1n) is 7.00. The topological polar surface area (TPSA) is 76.1 Å². The summed E-state index contributed by atoms with van der Waals surface area (Å²) in [6.45, 7) is 6.12. The Kier molecular flexibility index (Phi) is 4.93. The van der Waals surface area contributed by atoms with E-state index in [4.69, 9.17) is 4.74 Å². The molecule has 0 fully saturated rings. The van der Waals surface area contributed by atoms with Crippen LogP contribution < -0.4 is 10.6 Å². The molecule has 0 radical (unpaired) electrons. The molecular formula is C16H20N4O2. The van der Waals surface area contributed by atoms with E-state index in [1.54, 1.807) is 12.4 Å². The predicted octanol–water partition coefficient (Wildman–Crippen LogP) is 3.44. The molecule has 0 aliphatic carbocycles. The van der Waals surface area contributed by atoms with Crippen LogP contribution in [0.1, 0.15) is 26.3 Å². The summed E-state index contributed by atoms with van der Waals surface area (Å²) in [4.78, 5) is 19.6. The van der Waals surface area contributed by atoms with Crippen LogP contribution >= 0.6 is 0 Å². The molecule has 2 aromatic rings. The van der Waals surface area contributed by atoms with Crippen LogP contribution in [0, 0.1) is 0 Å². The molecule has 6 heteroatoms. The van der Waals surface area contributed by atoms with Crippen molar-refractivity contribution >= 4 is 17.5 Å². The Morgan fingerprint density at radius 2 is 1.68 bits per heavy atom. The van der Waals surface area contributed by atoms with E-state index in [0.29, 0.717) is 12.2 Å². The summed E-state index contributed by atoms with van der Waals surface area (Å²) < 4.78 is 5.20. The molecule has 0 aliphatic heterocycles. The van der Waals surface area contributed by atoms with Crippen LogP contribution in [0.2, 0.25) is 0 Å². The van der Waals surface area contributed by atoms with Crippen molar-refractivity contribution in [2.75, 3.05) is 10.6 Å². The molecule has 0 aliphatic rings. The van der Waals surface area contributed by atoms with Crippen molar-refractivity contribution in [2.45, 2.75) is 32.9 Å². The van der Waals surface area contributed by atoms with E-state index in [-0.39, 0.29) is 0 Å². The highest BCUT2D eigenvalue weighted by atomic mass is 16.6. The number of benzene rings is 1. The van der Waals surface area contributed by atoms with Gasteiger partial charge in [-0.1, -0.05) is 0 Å². The SMILES string of the molecule is CC(C)(C)OC(=O)Nc1ccc(NCc2cncnc2)cc1. The van der Waals surface area contributed by atoms with Crippen LogP contribution in [0.3, 0.4) is 0 Å². The van der Waals surface area contributed by atoms with E-state index in [1.165, 1.54) is 6.33 Å². The third-order valence-electron chi connectivity index (χ3n) is 2.64. The number of carbonyl (C=O) groups is 1. The molecule has 1 aromatic heterocycles. The number of ether oxygens (including phenoxy) is 1. The molecule has 116 valence electrons. The van der Waals surface area contributed by atoms with Crippen molar-refractivity contribution in [1.82, 2.24) is 9.97 Å². The number of amides is 1. The van der Waals surface area contributed by atoms with Gasteiger partial charge in [0.25, 0.3) is 0 Å². The molecule has 22 heavy (non-hydrogen) atoms. The highest BCUT2D eigenvalue weighted by Gasteiger charge is 2.15. The third kappa shape index (κ3) is 5.40. The molecule has 1 amide bonds. The number of hydrogen-bond donors (Lipinski definition) is 2. The minimum absolute atomic E-state index is 0.463. The molecular weight excluding hydrogens is 280 g/mol. The molecule has 0 saturated carbocycles. The molecule has 2 N–H and O–H groups in total. The summed E-state index contributed by atoms with van der Waals surface area (Å²) in [6.07, 6.45) is 4.56. The van der Waals surface area contributed by atoms with Gasteiger partial charge in [0.1, 0.15) is 11.9 Å². The van der Waals surface area contributed by atoms with Gasteiger partial charge in [0, 0.05) is 35.9 Å². The number of rotatable bonds is 4. The summed E-state index contributed by atoms with van der Waals surface area (Å²) in [6, 6.07) is 7.40. The first kappa shape index (κ1) is 15.8. The number of nitrogens with zero attached hydrogens (tertiary/aromatic N) is 2. The van der Waals surface area contributed by atoms with E-state index >= 15 is 0 Å². The third-order valence-corrected chi connectivity index (χ3v) is 2.64. The second-order valence-electron chi connectivity index (χ2n) is 5.80. The maximum Gasteiger partial charge on any atom is 0.412 e. The maximum atomic E-state index is 11.7. The first-order valence-corrected chi connectivity index (χ1v) is 7.00. The first-order chi connectivity index (χ1) is 10.4. The van der Waals surface area contributed by atoms with Gasteiger partial charge in [-0.2, -0.15) is 0 Å². The number of carbonyl (C=O) groups excluding carboxylic acids is 1. The Balaban J connectivity index is 1.86. The smallest absolute Gasteiger partial charge is 0.412 e. The lowest BCUT2D eigenvalue weighted by Gasteiger charge is -2.19. The fourth-order valence-corrected chi connectivity index (χ4v) is 1.72. The average Bonchev–Trinajstić information content (AvgIpc) is 2.45. The van der Waals surface area contributed by atoms with Crippen LogP contribution in [-0.4, -0.2) is 21.7 Å². The largest absolute Gasteiger partial charge is 0.444 e. The van der Waals surface area contributed by atoms with Crippen LogP contribution in [0.15, 0.2) is 43.0 Å². The number of nitrogens with one attached hydrogen (secondary N) is 2. The summed E-state index contributed by atoms with van der Waals surface area (Å²) in [5, 5.41) is 5.95. The highest BCUT2D eigenvalue weighted by Crippen LogP contribution is 2.16. The Hall–Kier alpha value is -2.63. The Bertz CT molecular complexity index is 606. The van der Waals surface area contributed by atoms with Crippen molar-refractivity contribution in [1.29, 1.82) is 0 Å². The van der Waals surface area contributed by atoms with Crippen LogP contribution in [0.4, 0.5) is 16.2 Å². The monoisotopic (exact) mass is 300 g/mol. The average molecular weight is 300 g/mol. The van der Waals surface area contributed by atoms with Gasteiger partial charge < -0.3 is 10.1 Å². The van der Waals surface area contributed by atoms with Gasteiger partial charge in [0.2, 0.25) is 0 Å². The molecule has 0 unspecified atom stereocenters. The van der Waals surface area contributed by atoms with Gasteiger partial charge in [-0.25, -0.2) is 14.8 Å². The molecule has 1 heterocycles. The molecule has 1 aromatic carbocycles. The summed E-state index contributed by atoms with van der Waals surface area (Å²) in [7, 11) is 0. The van der Waals surface area contributed by atoms with Crippen LogP contribution in [0.25, 0.3) is 0 Å². The summed E-state index contributed by atoms with van der Waals surface area (Å²) >= 11 is 0. The van der Waals surface area contributed by atoms with E-state index in [2.05, 4.69) is 20.6 Å². The van der Waals surface area contributed by atoms with Crippen molar-refractivity contribution in [3.8, 4) is 0 Å². The lowest BCUT2D eigenvalue weighted by atomic mass is 10.2. The summed E-state index contributed by atoms with van der Waals surface area (Å²) in [5.41, 5.74) is 2.11. The Morgan fingerprint density at radius 3 is 2.27 bits per heavy atom. The van der Waals surface area contributed by atoms with Gasteiger partial charge in [-0.3, -0.25) is 5.32 Å². The second-order valence-corrected chi connectivity index (χ2v) is 5.80. The van der Waals surface area contributed by atoms with Gasteiger partial charge >= 0.3 is 6.09 Å². The fraction of sp³-hybridized carbons (Fsp3) is 0.312. The van der Waals surface area contributed by atoms with Gasteiger partial charge in [0.05, 0.1) is 0 Å². The lowest BCUT2D eigenvalue weighted by molar-refractivity contribution is 0.0636. The second kappa shape index (κ2) is 6.89. The molecule has 6 nitrogen and oxygen atoms in total. The summed E-state index contributed by atoms with van der Waals surface area (Å²) in [5.74, 6) is 0. The van der Waals surface area contributed by atoms with Crippen molar-refractivity contribution in [3.63, 3.8) is 0 Å². The molecule has 0 saturated heterocycles. The van der Waals surface area contributed by atoms with Crippen molar-refractivity contribution in [3.05, 3.63) is 48.5 Å². The minimum atomic E-state index is -0.511. The molecule has 2 rings (SSSR count). The normalized spacial score (nSPS) is 10.9. The number of aromatic nitrogens is 2. The predicted molar refractivity (Wildman–Crippen MR) is 85.7 cm³/mol. The Labute approximate surface area is 129 Å². The van der Waals surface area contributed by atoms with E-state index in [1.807, 2.05) is 45.0 Å². The van der Waals surface area contributed by atoms with Gasteiger partial charge in [-0.15, -0.1) is 0 Å². The van der Waals surface area contributed by atoms with Crippen LogP contribution in [-0.2, 0) is 11.3 Å². The maximum absolute atomic E-state index is 11.7. The minimum Gasteiger partial charge on any atom is -0.444 e. The standard InChI is InChI=1S/C16H20N4O2/c1-16(2,3)22-15(21)20-14-6-4-13(5-7-14)19-10-12-8-17-11-18-9-12/h4-9,11,19H,10H2,1-3H3,(H,20,21). The molecule has 0 bridgehead atoms. The van der Waals surface area contributed by atoms with Crippen LogP contribution in [0.5, 0.6) is 0 Å². The number of anilines is 2. The fourth-order valence-electron chi connectivity index (χ4n) is 1.72. The highest BCUT2D eigenvalue weighted by molar-refractivity contribution is 5.85. The van der Waals surface area contributed by atoms with E-state index < -0.39 is 11.7 Å².